The van der Waals surface area contributed by atoms with E-state index >= 15 is 0 Å². The number of hydrogen-bond acceptors (Lipinski definition) is 4. The number of benzene rings is 2. The fourth-order valence-electron chi connectivity index (χ4n) is 3.43. The number of carbonyl (C=O) groups excluding carboxylic acids is 1. The summed E-state index contributed by atoms with van der Waals surface area (Å²) in [6.45, 7) is 1.11. The van der Waals surface area contributed by atoms with Gasteiger partial charge in [-0.15, -0.1) is 0 Å². The molecule has 0 unspecified atom stereocenters. The molecule has 0 aromatic heterocycles. The largest absolute Gasteiger partial charge is 0.497 e. The third-order valence-corrected chi connectivity index (χ3v) is 5.28. The molecule has 0 bridgehead atoms. The average molecular weight is 409 g/mol. The first-order chi connectivity index (χ1) is 13.0. The summed E-state index contributed by atoms with van der Waals surface area (Å²) in [7, 11) is 3.27. The minimum absolute atomic E-state index is 0.117. The zero-order chi connectivity index (χ0) is 19.4. The van der Waals surface area contributed by atoms with E-state index in [9.17, 15) is 4.79 Å². The number of amides is 1. The van der Waals surface area contributed by atoms with Crippen LogP contribution in [0.1, 0.15) is 24.4 Å². The van der Waals surface area contributed by atoms with E-state index in [1.165, 1.54) is 0 Å². The van der Waals surface area contributed by atoms with Gasteiger partial charge in [-0.05, 0) is 43.7 Å². The summed E-state index contributed by atoms with van der Waals surface area (Å²) in [6, 6.07) is 10.9. The molecule has 0 radical (unpaired) electrons. The molecule has 1 aliphatic rings. The molecule has 1 amide bonds. The smallest absolute Gasteiger partial charge is 0.238 e. The quantitative estimate of drug-likeness (QED) is 0.746. The van der Waals surface area contributed by atoms with Crippen molar-refractivity contribution in [2.75, 3.05) is 32.6 Å². The molecular formula is C20H22Cl2N2O3. The van der Waals surface area contributed by atoms with Crippen molar-refractivity contribution in [3.8, 4) is 11.5 Å². The van der Waals surface area contributed by atoms with E-state index in [0.29, 0.717) is 15.7 Å². The molecule has 2 aromatic carbocycles. The van der Waals surface area contributed by atoms with Gasteiger partial charge in [-0.3, -0.25) is 9.69 Å². The second-order valence-corrected chi connectivity index (χ2v) is 7.25. The molecule has 1 fully saturated rings. The van der Waals surface area contributed by atoms with Gasteiger partial charge in [0.1, 0.15) is 11.5 Å². The number of nitrogens with zero attached hydrogens (tertiary/aromatic N) is 1. The van der Waals surface area contributed by atoms with E-state index in [-0.39, 0.29) is 18.5 Å². The molecule has 5 nitrogen and oxygen atoms in total. The number of carbonyl (C=O) groups is 1. The molecule has 1 heterocycles. The highest BCUT2D eigenvalue weighted by atomic mass is 35.5. The lowest BCUT2D eigenvalue weighted by atomic mass is 10.0. The highest BCUT2D eigenvalue weighted by molar-refractivity contribution is 6.35. The first kappa shape index (κ1) is 19.8. The highest BCUT2D eigenvalue weighted by Gasteiger charge is 2.30. The lowest BCUT2D eigenvalue weighted by molar-refractivity contribution is -0.117. The van der Waals surface area contributed by atoms with Crippen molar-refractivity contribution in [1.29, 1.82) is 0 Å². The number of halogens is 2. The van der Waals surface area contributed by atoms with Crippen LogP contribution in [0.4, 0.5) is 5.69 Å². The van der Waals surface area contributed by atoms with Crippen molar-refractivity contribution in [3.63, 3.8) is 0 Å². The lowest BCUT2D eigenvalue weighted by Gasteiger charge is -2.26. The van der Waals surface area contributed by atoms with E-state index in [0.717, 1.165) is 36.4 Å². The maximum Gasteiger partial charge on any atom is 0.238 e. The maximum absolute atomic E-state index is 12.6. The Morgan fingerprint density at radius 1 is 1.19 bits per heavy atom. The van der Waals surface area contributed by atoms with E-state index in [2.05, 4.69) is 10.2 Å². The molecule has 0 aliphatic carbocycles. The third kappa shape index (κ3) is 4.67. The number of methoxy groups -OCH3 is 2. The zero-order valence-electron chi connectivity index (χ0n) is 15.3. The van der Waals surface area contributed by atoms with Gasteiger partial charge in [-0.25, -0.2) is 0 Å². The number of ether oxygens (including phenoxy) is 2. The number of likely N-dealkylation sites (tertiary alicyclic amines) is 1. The van der Waals surface area contributed by atoms with Crippen LogP contribution in [-0.2, 0) is 4.79 Å². The van der Waals surface area contributed by atoms with Crippen LogP contribution < -0.4 is 14.8 Å². The number of nitrogens with one attached hydrogen (secondary N) is 1. The van der Waals surface area contributed by atoms with Crippen LogP contribution in [0.2, 0.25) is 10.0 Å². The van der Waals surface area contributed by atoms with Gasteiger partial charge in [0.15, 0.2) is 0 Å². The summed E-state index contributed by atoms with van der Waals surface area (Å²) in [6.07, 6.45) is 1.99. The first-order valence-corrected chi connectivity index (χ1v) is 9.48. The van der Waals surface area contributed by atoms with Crippen molar-refractivity contribution in [3.05, 3.63) is 52.0 Å². The van der Waals surface area contributed by atoms with Gasteiger partial charge in [0, 0.05) is 22.7 Å². The molecule has 3 rings (SSSR count). The predicted molar refractivity (Wildman–Crippen MR) is 108 cm³/mol. The summed E-state index contributed by atoms with van der Waals surface area (Å²) in [5.41, 5.74) is 1.58. The minimum atomic E-state index is -0.126. The van der Waals surface area contributed by atoms with Gasteiger partial charge in [-0.1, -0.05) is 29.3 Å². The monoisotopic (exact) mass is 408 g/mol. The van der Waals surface area contributed by atoms with Crippen molar-refractivity contribution in [2.45, 2.75) is 18.9 Å². The van der Waals surface area contributed by atoms with Gasteiger partial charge < -0.3 is 14.8 Å². The van der Waals surface area contributed by atoms with Crippen LogP contribution in [0.5, 0.6) is 11.5 Å². The Bertz CT molecular complexity index is 829. The number of anilines is 1. The Balaban J connectivity index is 1.73. The van der Waals surface area contributed by atoms with E-state index in [1.807, 2.05) is 18.2 Å². The molecular weight excluding hydrogens is 387 g/mol. The fourth-order valence-corrected chi connectivity index (χ4v) is 3.77. The second kappa shape index (κ2) is 8.83. The van der Waals surface area contributed by atoms with Crippen molar-refractivity contribution in [2.24, 2.45) is 0 Å². The van der Waals surface area contributed by atoms with Crippen LogP contribution >= 0.6 is 23.2 Å². The van der Waals surface area contributed by atoms with E-state index < -0.39 is 0 Å². The number of rotatable bonds is 6. The fraction of sp³-hybridized carbons (Fsp3) is 0.350. The second-order valence-electron chi connectivity index (χ2n) is 6.41. The molecule has 0 spiro atoms. The van der Waals surface area contributed by atoms with E-state index in [1.54, 1.807) is 32.4 Å². The molecule has 0 saturated carbocycles. The van der Waals surface area contributed by atoms with Crippen LogP contribution in [-0.4, -0.2) is 38.1 Å². The Kier molecular flexibility index (Phi) is 6.47. The Labute approximate surface area is 169 Å². The summed E-state index contributed by atoms with van der Waals surface area (Å²) in [5.74, 6) is 1.39. The van der Waals surface area contributed by atoms with Crippen LogP contribution in [0.15, 0.2) is 36.4 Å². The van der Waals surface area contributed by atoms with Gasteiger partial charge >= 0.3 is 0 Å². The normalized spacial score (nSPS) is 17.0. The highest BCUT2D eigenvalue weighted by Crippen LogP contribution is 2.38. The van der Waals surface area contributed by atoms with Crippen LogP contribution in [0.25, 0.3) is 0 Å². The molecule has 1 aliphatic heterocycles. The Morgan fingerprint density at radius 2 is 2.00 bits per heavy atom. The molecule has 1 atom stereocenters. The summed E-state index contributed by atoms with van der Waals surface area (Å²) in [5, 5.41) is 3.83. The predicted octanol–water partition coefficient (Wildman–Crippen LogP) is 4.79. The van der Waals surface area contributed by atoms with Crippen molar-refractivity contribution in [1.82, 2.24) is 4.90 Å². The van der Waals surface area contributed by atoms with Crippen molar-refractivity contribution < 1.29 is 14.3 Å². The van der Waals surface area contributed by atoms with Crippen LogP contribution in [0, 0.1) is 0 Å². The molecule has 2 aromatic rings. The van der Waals surface area contributed by atoms with Gasteiger partial charge in [0.2, 0.25) is 5.91 Å². The molecule has 7 heteroatoms. The first-order valence-electron chi connectivity index (χ1n) is 8.72. The number of hydrogen-bond donors (Lipinski definition) is 1. The molecule has 1 N–H and O–H groups in total. The standard InChI is InChI=1S/C20H22Cl2N2O3/c1-26-14-6-7-15(19(11-14)27-2)18-4-3-9-24(18)12-20(25)23-17-10-13(21)5-8-16(17)22/h5-8,10-11,18H,3-4,9,12H2,1-2H3,(H,23,25)/t18-/m1/s1. The van der Waals surface area contributed by atoms with E-state index in [4.69, 9.17) is 32.7 Å². The van der Waals surface area contributed by atoms with Crippen LogP contribution in [0.3, 0.4) is 0 Å². The molecule has 1 saturated heterocycles. The van der Waals surface area contributed by atoms with Gasteiger partial charge in [0.05, 0.1) is 31.5 Å². The lowest BCUT2D eigenvalue weighted by Crippen LogP contribution is -2.33. The average Bonchev–Trinajstić information content (AvgIpc) is 3.11. The summed E-state index contributed by atoms with van der Waals surface area (Å²) >= 11 is 12.1. The molecule has 27 heavy (non-hydrogen) atoms. The molecule has 144 valence electrons. The summed E-state index contributed by atoms with van der Waals surface area (Å²) in [4.78, 5) is 14.7. The van der Waals surface area contributed by atoms with Crippen molar-refractivity contribution >= 4 is 34.8 Å². The third-order valence-electron chi connectivity index (χ3n) is 4.71. The van der Waals surface area contributed by atoms with Gasteiger partial charge in [0.25, 0.3) is 0 Å². The topological polar surface area (TPSA) is 50.8 Å². The maximum atomic E-state index is 12.6. The van der Waals surface area contributed by atoms with Gasteiger partial charge in [-0.2, -0.15) is 0 Å². The zero-order valence-corrected chi connectivity index (χ0v) is 16.8. The minimum Gasteiger partial charge on any atom is -0.497 e. The Morgan fingerprint density at radius 3 is 2.74 bits per heavy atom. The summed E-state index contributed by atoms with van der Waals surface area (Å²) < 4.78 is 10.8. The Hall–Kier alpha value is -1.95. The SMILES string of the molecule is COc1ccc([C@H]2CCCN2CC(=O)Nc2cc(Cl)ccc2Cl)c(OC)c1.